The molecule has 2 aliphatic heterocycles. The van der Waals surface area contributed by atoms with E-state index >= 15 is 0 Å². The van der Waals surface area contributed by atoms with Gasteiger partial charge in [-0.25, -0.2) is 13.6 Å². The quantitative estimate of drug-likeness (QED) is 0.227. The summed E-state index contributed by atoms with van der Waals surface area (Å²) in [5.74, 6) is 0.863. The number of halogens is 2. The molecule has 4 N–H and O–H groups in total. The molecule has 2 atom stereocenters. The van der Waals surface area contributed by atoms with Crippen LogP contribution >= 0.6 is 0 Å². The molecular weight excluding hydrogens is 550 g/mol. The molecule has 2 saturated carbocycles. The Kier molecular flexibility index (Phi) is 6.92. The number of amides is 2. The third kappa shape index (κ3) is 5.38. The zero-order chi connectivity index (χ0) is 29.6. The number of pyridine rings is 1. The number of nitrogens with one attached hydrogen (secondary N) is 2. The molecule has 0 bridgehead atoms. The van der Waals surface area contributed by atoms with Crippen molar-refractivity contribution in [3.8, 4) is 11.5 Å². The fourth-order valence-electron chi connectivity index (χ4n) is 6.76. The van der Waals surface area contributed by atoms with Gasteiger partial charge in [0.1, 0.15) is 34.3 Å². The fourth-order valence-corrected chi connectivity index (χ4v) is 6.76. The second kappa shape index (κ2) is 10.8. The average Bonchev–Trinajstić information content (AvgIpc) is 2.96. The number of rotatable bonds is 2. The van der Waals surface area contributed by atoms with Crippen LogP contribution in [-0.4, -0.2) is 22.2 Å². The highest BCUT2D eigenvalue weighted by molar-refractivity contribution is 6.01. The average molecular weight is 585 g/mol. The molecule has 1 aromatic heterocycles. The van der Waals surface area contributed by atoms with E-state index in [-0.39, 0.29) is 41.0 Å². The second-order valence-electron chi connectivity index (χ2n) is 12.2. The highest BCUT2D eigenvalue weighted by Crippen LogP contribution is 2.49. The van der Waals surface area contributed by atoms with Crippen LogP contribution < -0.4 is 25.8 Å². The van der Waals surface area contributed by atoms with Crippen molar-refractivity contribution in [3.05, 3.63) is 95.8 Å². The SMILES string of the molecule is NC1CC2(CCC2)Oc2ccc(F)cc21.O=C(Nc1cccc2cnccc12)NC1CC2(CCC2)Oc2ccc(F)cc21. The highest BCUT2D eigenvalue weighted by atomic mass is 19.1. The van der Waals surface area contributed by atoms with Gasteiger partial charge < -0.3 is 25.8 Å². The maximum atomic E-state index is 13.8. The van der Waals surface area contributed by atoms with E-state index in [1.165, 1.54) is 30.7 Å². The molecule has 2 amide bonds. The zero-order valence-electron chi connectivity index (χ0n) is 23.7. The first-order valence-corrected chi connectivity index (χ1v) is 14.9. The van der Waals surface area contributed by atoms with Gasteiger partial charge in [0.25, 0.3) is 0 Å². The number of benzene rings is 3. The Bertz CT molecular complexity index is 1680. The molecule has 4 aliphatic rings. The number of nitrogens with two attached hydrogens (primary N) is 1. The van der Waals surface area contributed by atoms with Gasteiger partial charge in [-0.05, 0) is 87.1 Å². The Morgan fingerprint density at radius 1 is 0.860 bits per heavy atom. The summed E-state index contributed by atoms with van der Waals surface area (Å²) in [6, 6.07) is 16.0. The van der Waals surface area contributed by atoms with E-state index in [9.17, 15) is 13.6 Å². The van der Waals surface area contributed by atoms with Gasteiger partial charge in [0.15, 0.2) is 0 Å². The summed E-state index contributed by atoms with van der Waals surface area (Å²) in [7, 11) is 0. The Morgan fingerprint density at radius 3 is 2.19 bits per heavy atom. The predicted octanol–water partition coefficient (Wildman–Crippen LogP) is 7.47. The maximum absolute atomic E-state index is 13.8. The summed E-state index contributed by atoms with van der Waals surface area (Å²) in [5.41, 5.74) is 7.99. The lowest BCUT2D eigenvalue weighted by molar-refractivity contribution is -0.0355. The van der Waals surface area contributed by atoms with Crippen molar-refractivity contribution in [1.29, 1.82) is 0 Å². The van der Waals surface area contributed by atoms with Gasteiger partial charge in [0, 0.05) is 53.2 Å². The molecule has 9 heteroatoms. The molecule has 43 heavy (non-hydrogen) atoms. The van der Waals surface area contributed by atoms with Gasteiger partial charge in [-0.2, -0.15) is 0 Å². The van der Waals surface area contributed by atoms with E-state index in [1.807, 2.05) is 24.3 Å². The third-order valence-corrected chi connectivity index (χ3v) is 9.30. The smallest absolute Gasteiger partial charge is 0.319 e. The molecule has 222 valence electrons. The summed E-state index contributed by atoms with van der Waals surface area (Å²) in [6.45, 7) is 0. The number of hydrogen-bond donors (Lipinski definition) is 3. The number of carbonyl (C=O) groups is 1. The topological polar surface area (TPSA) is 98.5 Å². The molecule has 2 unspecified atom stereocenters. The van der Waals surface area contributed by atoms with Gasteiger partial charge in [-0.1, -0.05) is 12.1 Å². The van der Waals surface area contributed by atoms with Crippen molar-refractivity contribution in [1.82, 2.24) is 10.3 Å². The number of ether oxygens (including phenoxy) is 2. The molecule has 0 saturated heterocycles. The van der Waals surface area contributed by atoms with Crippen LogP contribution in [-0.2, 0) is 0 Å². The van der Waals surface area contributed by atoms with Crippen molar-refractivity contribution in [2.45, 2.75) is 74.7 Å². The fraction of sp³-hybridized carbons (Fsp3) is 0.353. The Hall–Kier alpha value is -4.24. The lowest BCUT2D eigenvalue weighted by Gasteiger charge is -2.48. The number of urea groups is 1. The lowest BCUT2D eigenvalue weighted by Crippen LogP contribution is -2.50. The Morgan fingerprint density at radius 2 is 1.51 bits per heavy atom. The van der Waals surface area contributed by atoms with E-state index in [4.69, 9.17) is 15.2 Å². The Labute approximate surface area is 248 Å². The van der Waals surface area contributed by atoms with E-state index in [0.717, 1.165) is 60.6 Å². The van der Waals surface area contributed by atoms with Crippen LogP contribution in [0.2, 0.25) is 0 Å². The maximum Gasteiger partial charge on any atom is 0.319 e. The van der Waals surface area contributed by atoms with Crippen molar-refractivity contribution >= 4 is 22.5 Å². The number of fused-ring (bicyclic) bond motifs is 3. The van der Waals surface area contributed by atoms with Crippen LogP contribution in [0, 0.1) is 11.6 Å². The van der Waals surface area contributed by atoms with Gasteiger partial charge in [-0.15, -0.1) is 0 Å². The van der Waals surface area contributed by atoms with Crippen LogP contribution in [0.25, 0.3) is 10.8 Å². The van der Waals surface area contributed by atoms with Crippen molar-refractivity contribution < 1.29 is 23.0 Å². The summed E-state index contributed by atoms with van der Waals surface area (Å²) >= 11 is 0. The zero-order valence-corrected chi connectivity index (χ0v) is 23.7. The van der Waals surface area contributed by atoms with Crippen molar-refractivity contribution in [2.24, 2.45) is 5.73 Å². The molecule has 8 rings (SSSR count). The standard InChI is InChI=1S/C22H20FN3O2.C12H14FNO/c23-15-5-6-20-17(11-15)19(12-22(28-20)8-2-9-22)26-21(27)25-18-4-1-3-14-13-24-10-7-16(14)18;13-8-2-3-11-9(6-8)10(14)7-12(15-11)4-1-5-12/h1,3-7,10-11,13,19H,2,8-9,12H2,(H2,25,26,27);2-3,6,10H,1,4-5,7,14H2. The first kappa shape index (κ1) is 27.6. The van der Waals surface area contributed by atoms with Gasteiger partial charge in [0.05, 0.1) is 11.7 Å². The monoisotopic (exact) mass is 584 g/mol. The van der Waals surface area contributed by atoms with Crippen LogP contribution in [0.4, 0.5) is 19.3 Å². The number of nitrogens with zero attached hydrogens (tertiary/aromatic N) is 1. The summed E-state index contributed by atoms with van der Waals surface area (Å²) in [5, 5.41) is 7.82. The van der Waals surface area contributed by atoms with Crippen LogP contribution in [0.15, 0.2) is 73.1 Å². The molecular formula is C34H34F2N4O3. The van der Waals surface area contributed by atoms with Crippen LogP contribution in [0.3, 0.4) is 0 Å². The van der Waals surface area contributed by atoms with Crippen LogP contribution in [0.5, 0.6) is 11.5 Å². The first-order chi connectivity index (χ1) is 20.8. The number of anilines is 1. The van der Waals surface area contributed by atoms with Gasteiger partial charge in [0.2, 0.25) is 0 Å². The molecule has 3 heterocycles. The van der Waals surface area contributed by atoms with E-state index in [0.29, 0.717) is 23.4 Å². The molecule has 0 radical (unpaired) electrons. The molecule has 2 aliphatic carbocycles. The van der Waals surface area contributed by atoms with Crippen molar-refractivity contribution in [2.75, 3.05) is 5.32 Å². The summed E-state index contributed by atoms with van der Waals surface area (Å²) in [6.07, 6.45) is 11.3. The number of aromatic nitrogens is 1. The molecule has 2 fully saturated rings. The first-order valence-electron chi connectivity index (χ1n) is 14.9. The minimum atomic E-state index is -0.333. The molecule has 7 nitrogen and oxygen atoms in total. The van der Waals surface area contributed by atoms with Gasteiger partial charge >= 0.3 is 6.03 Å². The normalized spacial score (nSPS) is 21.9. The van der Waals surface area contributed by atoms with Gasteiger partial charge in [-0.3, -0.25) is 4.98 Å². The lowest BCUT2D eigenvalue weighted by atomic mass is 9.73. The number of hydrogen-bond acceptors (Lipinski definition) is 5. The third-order valence-electron chi connectivity index (χ3n) is 9.30. The highest BCUT2D eigenvalue weighted by Gasteiger charge is 2.46. The predicted molar refractivity (Wildman–Crippen MR) is 160 cm³/mol. The van der Waals surface area contributed by atoms with Crippen molar-refractivity contribution in [3.63, 3.8) is 0 Å². The largest absolute Gasteiger partial charge is 0.487 e. The van der Waals surface area contributed by atoms with Crippen LogP contribution in [0.1, 0.15) is 74.6 Å². The molecule has 4 aromatic rings. The van der Waals surface area contributed by atoms with E-state index in [1.54, 1.807) is 24.5 Å². The van der Waals surface area contributed by atoms with E-state index < -0.39 is 0 Å². The molecule has 2 spiro atoms. The second-order valence-corrected chi connectivity index (χ2v) is 12.2. The molecule has 3 aromatic carbocycles. The summed E-state index contributed by atoms with van der Waals surface area (Å²) < 4.78 is 39.0. The Balaban J connectivity index is 0.000000168. The summed E-state index contributed by atoms with van der Waals surface area (Å²) in [4.78, 5) is 16.9. The minimum absolute atomic E-state index is 0.0375. The van der Waals surface area contributed by atoms with E-state index in [2.05, 4.69) is 15.6 Å². The minimum Gasteiger partial charge on any atom is -0.487 e. The number of carbonyl (C=O) groups excluding carboxylic acids is 1.